The summed E-state index contributed by atoms with van der Waals surface area (Å²) in [6, 6.07) is 10.5. The average Bonchev–Trinajstić information content (AvgIpc) is 2.83. The molecule has 0 radical (unpaired) electrons. The third kappa shape index (κ3) is 2.58. The van der Waals surface area contributed by atoms with E-state index in [0.29, 0.717) is 0 Å². The molecule has 0 amide bonds. The predicted octanol–water partition coefficient (Wildman–Crippen LogP) is 3.65. The molecular weight excluding hydrogens is 254 g/mol. The van der Waals surface area contributed by atoms with Crippen molar-refractivity contribution in [3.8, 4) is 0 Å². The highest BCUT2D eigenvalue weighted by Crippen LogP contribution is 2.28. The number of hydrogen-bond donors (Lipinski definition) is 1. The second-order valence-corrected chi connectivity index (χ2v) is 5.36. The summed E-state index contributed by atoms with van der Waals surface area (Å²) >= 11 is 1.70. The van der Waals surface area contributed by atoms with Gasteiger partial charge in [0.05, 0.1) is 10.2 Å². The molecule has 19 heavy (non-hydrogen) atoms. The minimum atomic E-state index is 0.882. The fraction of sp³-hybridized carbons (Fsp3) is 0.200. The maximum absolute atomic E-state index is 4.34. The summed E-state index contributed by atoms with van der Waals surface area (Å²) in [6.45, 7) is 2.96. The van der Waals surface area contributed by atoms with Crippen LogP contribution in [0.3, 0.4) is 0 Å². The molecule has 0 spiro atoms. The van der Waals surface area contributed by atoms with Crippen molar-refractivity contribution < 1.29 is 0 Å². The third-order valence-corrected chi connectivity index (χ3v) is 4.17. The molecular formula is C15H15N3S. The second kappa shape index (κ2) is 5.36. The van der Waals surface area contributed by atoms with Crippen LogP contribution in [0.25, 0.3) is 10.2 Å². The maximum atomic E-state index is 4.34. The van der Waals surface area contributed by atoms with Crippen molar-refractivity contribution in [3.05, 3.63) is 53.2 Å². The lowest BCUT2D eigenvalue weighted by molar-refractivity contribution is 1.01. The van der Waals surface area contributed by atoms with Gasteiger partial charge in [-0.05, 0) is 29.9 Å². The Morgan fingerprint density at radius 1 is 1.16 bits per heavy atom. The Kier molecular flexibility index (Phi) is 3.42. The number of nitrogens with one attached hydrogen (secondary N) is 1. The van der Waals surface area contributed by atoms with E-state index < -0.39 is 0 Å². The predicted molar refractivity (Wildman–Crippen MR) is 80.8 cm³/mol. The first-order valence-electron chi connectivity index (χ1n) is 6.31. The molecule has 3 nitrogen and oxygen atoms in total. The zero-order valence-electron chi connectivity index (χ0n) is 10.8. The summed E-state index contributed by atoms with van der Waals surface area (Å²) in [5.41, 5.74) is 3.61. The Morgan fingerprint density at radius 3 is 2.84 bits per heavy atom. The zero-order valence-corrected chi connectivity index (χ0v) is 11.6. The molecule has 0 aliphatic carbocycles. The van der Waals surface area contributed by atoms with Crippen LogP contribution in [-0.2, 0) is 6.42 Å². The normalized spacial score (nSPS) is 10.8. The van der Waals surface area contributed by atoms with Crippen molar-refractivity contribution in [1.29, 1.82) is 0 Å². The molecule has 0 aliphatic heterocycles. The van der Waals surface area contributed by atoms with Crippen LogP contribution in [0.5, 0.6) is 0 Å². The van der Waals surface area contributed by atoms with Crippen molar-refractivity contribution in [2.75, 3.05) is 11.9 Å². The van der Waals surface area contributed by atoms with Gasteiger partial charge in [-0.25, -0.2) is 9.97 Å². The number of benzene rings is 1. The van der Waals surface area contributed by atoms with Crippen LogP contribution in [0.1, 0.15) is 11.1 Å². The van der Waals surface area contributed by atoms with Crippen LogP contribution in [0.2, 0.25) is 0 Å². The Bertz CT molecular complexity index is 676. The minimum Gasteiger partial charge on any atom is -0.368 e. The van der Waals surface area contributed by atoms with Crippen LogP contribution in [0.4, 0.5) is 5.82 Å². The summed E-state index contributed by atoms with van der Waals surface area (Å²) in [6.07, 6.45) is 2.63. The van der Waals surface area contributed by atoms with Crippen molar-refractivity contribution in [2.45, 2.75) is 13.3 Å². The quantitative estimate of drug-likeness (QED) is 0.785. The fourth-order valence-corrected chi connectivity index (χ4v) is 3.03. The molecule has 0 aliphatic rings. The first-order chi connectivity index (χ1) is 9.34. The van der Waals surface area contributed by atoms with E-state index in [9.17, 15) is 0 Å². The zero-order chi connectivity index (χ0) is 13.1. The molecule has 0 saturated carbocycles. The third-order valence-electron chi connectivity index (χ3n) is 3.08. The Balaban J connectivity index is 1.72. The van der Waals surface area contributed by atoms with E-state index in [1.165, 1.54) is 11.1 Å². The van der Waals surface area contributed by atoms with Crippen LogP contribution >= 0.6 is 11.3 Å². The molecule has 4 heteroatoms. The highest BCUT2D eigenvalue weighted by molar-refractivity contribution is 7.18. The van der Waals surface area contributed by atoms with Gasteiger partial charge >= 0.3 is 0 Å². The first-order valence-corrected chi connectivity index (χ1v) is 7.19. The van der Waals surface area contributed by atoms with Gasteiger partial charge in [0, 0.05) is 6.54 Å². The molecule has 3 aromatic rings. The lowest BCUT2D eigenvalue weighted by Gasteiger charge is -2.06. The van der Waals surface area contributed by atoms with E-state index in [2.05, 4.69) is 51.9 Å². The highest BCUT2D eigenvalue weighted by Gasteiger charge is 2.07. The van der Waals surface area contributed by atoms with Gasteiger partial charge in [0.2, 0.25) is 0 Å². The molecule has 2 heterocycles. The van der Waals surface area contributed by atoms with Crippen molar-refractivity contribution in [1.82, 2.24) is 9.97 Å². The molecule has 96 valence electrons. The highest BCUT2D eigenvalue weighted by atomic mass is 32.1. The van der Waals surface area contributed by atoms with Gasteiger partial charge in [-0.3, -0.25) is 0 Å². The fourth-order valence-electron chi connectivity index (χ4n) is 2.07. The van der Waals surface area contributed by atoms with E-state index in [1.807, 2.05) is 6.07 Å². The second-order valence-electron chi connectivity index (χ2n) is 4.48. The van der Waals surface area contributed by atoms with E-state index in [-0.39, 0.29) is 0 Å². The largest absolute Gasteiger partial charge is 0.368 e. The van der Waals surface area contributed by atoms with E-state index in [1.54, 1.807) is 17.7 Å². The van der Waals surface area contributed by atoms with Gasteiger partial charge < -0.3 is 5.32 Å². The number of anilines is 1. The van der Waals surface area contributed by atoms with Crippen LogP contribution in [-0.4, -0.2) is 16.5 Å². The van der Waals surface area contributed by atoms with Crippen molar-refractivity contribution in [2.24, 2.45) is 0 Å². The van der Waals surface area contributed by atoms with Gasteiger partial charge in [0.1, 0.15) is 12.1 Å². The Hall–Kier alpha value is -1.94. The maximum Gasteiger partial charge on any atom is 0.147 e. The molecule has 0 unspecified atom stereocenters. The van der Waals surface area contributed by atoms with E-state index in [0.717, 1.165) is 29.0 Å². The number of nitrogens with zero attached hydrogens (tertiary/aromatic N) is 2. The summed E-state index contributed by atoms with van der Waals surface area (Å²) in [5, 5.41) is 5.54. The Labute approximate surface area is 116 Å². The molecule has 0 saturated heterocycles. The molecule has 1 aromatic carbocycles. The molecule has 1 N–H and O–H groups in total. The number of aryl methyl sites for hydroxylation is 1. The summed E-state index contributed by atoms with van der Waals surface area (Å²) < 4.78 is 1.15. The van der Waals surface area contributed by atoms with Gasteiger partial charge in [0.25, 0.3) is 0 Å². The van der Waals surface area contributed by atoms with Crippen molar-refractivity contribution >= 4 is 27.4 Å². The van der Waals surface area contributed by atoms with Crippen LogP contribution in [0.15, 0.2) is 42.0 Å². The summed E-state index contributed by atoms with van der Waals surface area (Å²) in [7, 11) is 0. The minimum absolute atomic E-state index is 0.882. The molecule has 0 atom stereocenters. The first kappa shape index (κ1) is 12.1. The average molecular weight is 269 g/mol. The number of fused-ring (bicyclic) bond motifs is 1. The topological polar surface area (TPSA) is 37.8 Å². The SMILES string of the molecule is Cc1csc2c(NCCc3ccccc3)ncnc12. The number of thiophene rings is 1. The van der Waals surface area contributed by atoms with E-state index >= 15 is 0 Å². The number of hydrogen-bond acceptors (Lipinski definition) is 4. The number of aromatic nitrogens is 2. The molecule has 0 fully saturated rings. The van der Waals surface area contributed by atoms with Gasteiger partial charge in [-0.1, -0.05) is 30.3 Å². The van der Waals surface area contributed by atoms with Crippen LogP contribution in [0, 0.1) is 6.92 Å². The van der Waals surface area contributed by atoms with Gasteiger partial charge in [-0.2, -0.15) is 0 Å². The number of rotatable bonds is 4. The summed E-state index contributed by atoms with van der Waals surface area (Å²) in [4.78, 5) is 8.67. The Morgan fingerprint density at radius 2 is 2.00 bits per heavy atom. The smallest absolute Gasteiger partial charge is 0.147 e. The molecule has 3 rings (SSSR count). The lowest BCUT2D eigenvalue weighted by Crippen LogP contribution is -2.06. The summed E-state index contributed by atoms with van der Waals surface area (Å²) in [5.74, 6) is 0.944. The van der Waals surface area contributed by atoms with Gasteiger partial charge in [-0.15, -0.1) is 11.3 Å². The van der Waals surface area contributed by atoms with Gasteiger partial charge in [0.15, 0.2) is 0 Å². The lowest BCUT2D eigenvalue weighted by atomic mass is 10.1. The van der Waals surface area contributed by atoms with Crippen molar-refractivity contribution in [3.63, 3.8) is 0 Å². The van der Waals surface area contributed by atoms with Crippen LogP contribution < -0.4 is 5.32 Å². The van der Waals surface area contributed by atoms with E-state index in [4.69, 9.17) is 0 Å². The molecule has 2 aromatic heterocycles. The monoisotopic (exact) mass is 269 g/mol. The molecule has 0 bridgehead atoms. The standard InChI is InChI=1S/C15H15N3S/c1-11-9-19-14-13(11)17-10-18-15(14)16-8-7-12-5-3-2-4-6-12/h2-6,9-10H,7-8H2,1H3,(H,16,17,18).